The van der Waals surface area contributed by atoms with Crippen molar-refractivity contribution in [3.8, 4) is 11.3 Å². The molecule has 0 unspecified atom stereocenters. The van der Waals surface area contributed by atoms with Crippen molar-refractivity contribution in [1.29, 1.82) is 0 Å². The van der Waals surface area contributed by atoms with E-state index in [9.17, 15) is 9.59 Å². The van der Waals surface area contributed by atoms with Gasteiger partial charge < -0.3 is 9.67 Å². The minimum Gasteiger partial charge on any atom is -0.478 e. The molecule has 2 aromatic carbocycles. The average molecular weight is 305 g/mol. The lowest BCUT2D eigenvalue weighted by Gasteiger charge is -2.15. The number of aromatic nitrogens is 1. The highest BCUT2D eigenvalue weighted by molar-refractivity contribution is 5.98. The van der Waals surface area contributed by atoms with E-state index < -0.39 is 5.97 Å². The lowest BCUT2D eigenvalue weighted by Crippen LogP contribution is -2.20. The van der Waals surface area contributed by atoms with E-state index in [2.05, 4.69) is 0 Å². The Balaban J connectivity index is 2.46. The number of carbonyl (C=O) groups is 1. The summed E-state index contributed by atoms with van der Waals surface area (Å²) in [7, 11) is 1.70. The largest absolute Gasteiger partial charge is 0.478 e. The Hall–Kier alpha value is -3.14. The maximum atomic E-state index is 12.6. The third-order valence-electron chi connectivity index (χ3n) is 3.78. The van der Waals surface area contributed by atoms with Crippen LogP contribution in [0.15, 0.2) is 65.5 Å². The molecule has 23 heavy (non-hydrogen) atoms. The van der Waals surface area contributed by atoms with E-state index >= 15 is 0 Å². The molecule has 0 aliphatic carbocycles. The van der Waals surface area contributed by atoms with Crippen LogP contribution in [0.25, 0.3) is 28.1 Å². The number of hydrogen-bond acceptors (Lipinski definition) is 2. The van der Waals surface area contributed by atoms with Crippen LogP contribution in [0.4, 0.5) is 0 Å². The molecule has 0 saturated carbocycles. The van der Waals surface area contributed by atoms with Gasteiger partial charge in [-0.15, -0.1) is 0 Å². The quantitative estimate of drug-likeness (QED) is 0.755. The molecular weight excluding hydrogens is 290 g/mol. The number of carboxylic acids is 1. The van der Waals surface area contributed by atoms with Crippen molar-refractivity contribution in [2.45, 2.75) is 0 Å². The summed E-state index contributed by atoms with van der Waals surface area (Å²) in [5.74, 6) is -1.03. The van der Waals surface area contributed by atoms with Gasteiger partial charge in [0, 0.05) is 24.1 Å². The first kappa shape index (κ1) is 14.8. The normalized spacial score (nSPS) is 11.2. The Labute approximate surface area is 132 Å². The SMILES string of the molecule is Cn1c(-c2ccccc2)c(C=CC(=O)O)c2ccccc2c1=O. The fourth-order valence-electron chi connectivity index (χ4n) is 2.76. The van der Waals surface area contributed by atoms with Gasteiger partial charge in [0.15, 0.2) is 0 Å². The second-order valence-electron chi connectivity index (χ2n) is 5.21. The molecule has 0 aliphatic rings. The van der Waals surface area contributed by atoms with Crippen molar-refractivity contribution in [3.05, 3.63) is 76.6 Å². The number of aliphatic carboxylic acids is 1. The van der Waals surface area contributed by atoms with Crippen molar-refractivity contribution in [2.75, 3.05) is 0 Å². The van der Waals surface area contributed by atoms with E-state index in [4.69, 9.17) is 5.11 Å². The second-order valence-corrected chi connectivity index (χ2v) is 5.21. The lowest BCUT2D eigenvalue weighted by molar-refractivity contribution is -0.131. The fourth-order valence-corrected chi connectivity index (χ4v) is 2.76. The summed E-state index contributed by atoms with van der Waals surface area (Å²) >= 11 is 0. The summed E-state index contributed by atoms with van der Waals surface area (Å²) in [6.07, 6.45) is 2.64. The Morgan fingerprint density at radius 2 is 1.61 bits per heavy atom. The van der Waals surface area contributed by atoms with Crippen molar-refractivity contribution in [2.24, 2.45) is 7.05 Å². The Kier molecular flexibility index (Phi) is 3.81. The zero-order valence-corrected chi connectivity index (χ0v) is 12.6. The molecule has 1 heterocycles. The van der Waals surface area contributed by atoms with Crippen molar-refractivity contribution in [1.82, 2.24) is 4.57 Å². The van der Waals surface area contributed by atoms with Gasteiger partial charge in [-0.1, -0.05) is 48.5 Å². The summed E-state index contributed by atoms with van der Waals surface area (Å²) in [6, 6.07) is 16.7. The number of carboxylic acid groups (broad SMARTS) is 1. The van der Waals surface area contributed by atoms with E-state index in [1.807, 2.05) is 42.5 Å². The monoisotopic (exact) mass is 305 g/mol. The molecule has 0 radical (unpaired) electrons. The molecule has 114 valence electrons. The van der Waals surface area contributed by atoms with E-state index in [1.54, 1.807) is 29.8 Å². The van der Waals surface area contributed by atoms with Gasteiger partial charge in [-0.3, -0.25) is 4.79 Å². The van der Waals surface area contributed by atoms with Crippen LogP contribution in [0.2, 0.25) is 0 Å². The molecule has 0 amide bonds. The summed E-state index contributed by atoms with van der Waals surface area (Å²) in [6.45, 7) is 0. The van der Waals surface area contributed by atoms with Crippen LogP contribution >= 0.6 is 0 Å². The molecule has 3 aromatic rings. The fraction of sp³-hybridized carbons (Fsp3) is 0.0526. The van der Waals surface area contributed by atoms with Gasteiger partial charge in [-0.05, 0) is 23.1 Å². The maximum Gasteiger partial charge on any atom is 0.328 e. The third-order valence-corrected chi connectivity index (χ3v) is 3.78. The summed E-state index contributed by atoms with van der Waals surface area (Å²) in [5, 5.41) is 10.3. The molecule has 0 atom stereocenters. The predicted molar refractivity (Wildman–Crippen MR) is 91.3 cm³/mol. The van der Waals surface area contributed by atoms with E-state index in [0.717, 1.165) is 22.6 Å². The minimum absolute atomic E-state index is 0.105. The molecule has 0 fully saturated rings. The number of benzene rings is 2. The van der Waals surface area contributed by atoms with Crippen LogP contribution in [-0.4, -0.2) is 15.6 Å². The average Bonchev–Trinajstić information content (AvgIpc) is 2.57. The number of fused-ring (bicyclic) bond motifs is 1. The maximum absolute atomic E-state index is 12.6. The Morgan fingerprint density at radius 3 is 2.26 bits per heavy atom. The predicted octanol–water partition coefficient (Wildman–Crippen LogP) is 3.30. The number of rotatable bonds is 3. The number of nitrogens with zero attached hydrogens (tertiary/aromatic N) is 1. The van der Waals surface area contributed by atoms with Gasteiger partial charge in [0.05, 0.1) is 5.69 Å². The molecule has 1 N–H and O–H groups in total. The zero-order chi connectivity index (χ0) is 16.4. The van der Waals surface area contributed by atoms with Crippen LogP contribution < -0.4 is 5.56 Å². The van der Waals surface area contributed by atoms with Crippen LogP contribution in [0.5, 0.6) is 0 Å². The smallest absolute Gasteiger partial charge is 0.328 e. The molecule has 0 saturated heterocycles. The van der Waals surface area contributed by atoms with Gasteiger partial charge in [0.2, 0.25) is 0 Å². The van der Waals surface area contributed by atoms with Gasteiger partial charge in [-0.25, -0.2) is 4.79 Å². The number of hydrogen-bond donors (Lipinski definition) is 1. The molecule has 0 spiro atoms. The highest BCUT2D eigenvalue weighted by Gasteiger charge is 2.14. The van der Waals surface area contributed by atoms with Crippen molar-refractivity contribution in [3.63, 3.8) is 0 Å². The van der Waals surface area contributed by atoms with E-state index in [1.165, 1.54) is 0 Å². The molecule has 0 bridgehead atoms. The molecule has 3 rings (SSSR count). The van der Waals surface area contributed by atoms with Crippen LogP contribution in [0.1, 0.15) is 5.56 Å². The van der Waals surface area contributed by atoms with Gasteiger partial charge in [0.1, 0.15) is 0 Å². The summed E-state index contributed by atoms with van der Waals surface area (Å²) in [4.78, 5) is 23.6. The Bertz CT molecular complexity index is 969. The lowest BCUT2D eigenvalue weighted by atomic mass is 9.98. The van der Waals surface area contributed by atoms with E-state index in [-0.39, 0.29) is 5.56 Å². The molecule has 0 aliphatic heterocycles. The van der Waals surface area contributed by atoms with Gasteiger partial charge in [0.25, 0.3) is 5.56 Å². The second kappa shape index (κ2) is 5.93. The van der Waals surface area contributed by atoms with Crippen LogP contribution in [-0.2, 0) is 11.8 Å². The van der Waals surface area contributed by atoms with Crippen molar-refractivity contribution >= 4 is 22.8 Å². The molecular formula is C19H15NO3. The van der Waals surface area contributed by atoms with Crippen molar-refractivity contribution < 1.29 is 9.90 Å². The first-order chi connectivity index (χ1) is 11.1. The highest BCUT2D eigenvalue weighted by Crippen LogP contribution is 2.29. The Morgan fingerprint density at radius 1 is 1.00 bits per heavy atom. The zero-order valence-electron chi connectivity index (χ0n) is 12.6. The standard InChI is InChI=1S/C19H15NO3/c1-20-18(13-7-3-2-4-8-13)15(11-12-17(21)22)14-9-5-6-10-16(14)19(20)23/h2-12H,1H3,(H,21,22). The highest BCUT2D eigenvalue weighted by atomic mass is 16.4. The molecule has 4 nitrogen and oxygen atoms in total. The topological polar surface area (TPSA) is 59.3 Å². The minimum atomic E-state index is -1.03. The molecule has 1 aromatic heterocycles. The summed E-state index contributed by atoms with van der Waals surface area (Å²) < 4.78 is 1.57. The van der Waals surface area contributed by atoms with Crippen LogP contribution in [0, 0.1) is 0 Å². The molecule has 4 heteroatoms. The first-order valence-electron chi connectivity index (χ1n) is 7.17. The van der Waals surface area contributed by atoms with Gasteiger partial charge >= 0.3 is 5.97 Å². The van der Waals surface area contributed by atoms with Gasteiger partial charge in [-0.2, -0.15) is 0 Å². The first-order valence-corrected chi connectivity index (χ1v) is 7.17. The third kappa shape index (κ3) is 2.66. The number of pyridine rings is 1. The summed E-state index contributed by atoms with van der Waals surface area (Å²) in [5.41, 5.74) is 2.18. The van der Waals surface area contributed by atoms with Crippen LogP contribution in [0.3, 0.4) is 0 Å². The van der Waals surface area contributed by atoms with E-state index in [0.29, 0.717) is 11.1 Å².